The van der Waals surface area contributed by atoms with Crippen molar-refractivity contribution in [3.05, 3.63) is 64.7 Å². The molecule has 0 aliphatic heterocycles. The van der Waals surface area contributed by atoms with Gasteiger partial charge in [0.05, 0.1) is 17.6 Å². The molecule has 0 spiro atoms. The number of aromatic nitrogens is 3. The highest BCUT2D eigenvalue weighted by molar-refractivity contribution is 7.99. The Morgan fingerprint density at radius 3 is 2.69 bits per heavy atom. The molecule has 8 nitrogen and oxygen atoms in total. The van der Waals surface area contributed by atoms with Gasteiger partial charge in [0.15, 0.2) is 16.7 Å². The number of para-hydroxylation sites is 1. The summed E-state index contributed by atoms with van der Waals surface area (Å²) in [7, 11) is 0. The first-order valence-corrected chi connectivity index (χ1v) is 13.3. The lowest BCUT2D eigenvalue weighted by atomic mass is 9.95. The number of nitrogens with zero attached hydrogens (tertiary/aromatic N) is 3. The van der Waals surface area contributed by atoms with E-state index in [1.807, 2.05) is 47.9 Å². The Morgan fingerprint density at radius 1 is 1.09 bits per heavy atom. The molecule has 4 aromatic rings. The highest BCUT2D eigenvalue weighted by Gasteiger charge is 2.27. The summed E-state index contributed by atoms with van der Waals surface area (Å²) in [5.74, 6) is 1.04. The van der Waals surface area contributed by atoms with Gasteiger partial charge in [-0.3, -0.25) is 14.2 Å². The van der Waals surface area contributed by atoms with Crippen LogP contribution in [0.15, 0.2) is 58.3 Å². The molecular weight excluding hydrogens is 482 g/mol. The minimum Gasteiger partial charge on any atom is -0.461 e. The fourth-order valence-corrected chi connectivity index (χ4v) is 6.28. The predicted molar refractivity (Wildman–Crippen MR) is 138 cm³/mol. The fourth-order valence-electron chi connectivity index (χ4n) is 4.17. The van der Waals surface area contributed by atoms with Gasteiger partial charge in [0.25, 0.3) is 5.91 Å². The molecule has 5 rings (SSSR count). The highest BCUT2D eigenvalue weighted by atomic mass is 32.2. The Bertz CT molecular complexity index is 1330. The van der Waals surface area contributed by atoms with E-state index in [2.05, 4.69) is 20.8 Å². The smallest absolute Gasteiger partial charge is 0.258 e. The average Bonchev–Trinajstić information content (AvgIpc) is 3.61. The summed E-state index contributed by atoms with van der Waals surface area (Å²) in [6.45, 7) is 2.64. The zero-order valence-corrected chi connectivity index (χ0v) is 20.9. The summed E-state index contributed by atoms with van der Waals surface area (Å²) >= 11 is 2.82. The van der Waals surface area contributed by atoms with Gasteiger partial charge in [-0.2, -0.15) is 0 Å². The van der Waals surface area contributed by atoms with Crippen LogP contribution in [-0.2, 0) is 24.2 Å². The van der Waals surface area contributed by atoms with E-state index in [-0.39, 0.29) is 17.6 Å². The van der Waals surface area contributed by atoms with E-state index in [1.165, 1.54) is 28.0 Å². The molecule has 0 unspecified atom stereocenters. The van der Waals surface area contributed by atoms with Crippen molar-refractivity contribution in [1.29, 1.82) is 0 Å². The largest absolute Gasteiger partial charge is 0.461 e. The van der Waals surface area contributed by atoms with E-state index in [0.29, 0.717) is 33.9 Å². The lowest BCUT2D eigenvalue weighted by Gasteiger charge is -2.13. The van der Waals surface area contributed by atoms with Crippen molar-refractivity contribution < 1.29 is 14.0 Å². The topological polar surface area (TPSA) is 102 Å². The van der Waals surface area contributed by atoms with Crippen LogP contribution in [-0.4, -0.2) is 32.3 Å². The number of carbonyl (C=O) groups excluding carboxylic acids is 2. The van der Waals surface area contributed by atoms with E-state index in [1.54, 1.807) is 12.3 Å². The summed E-state index contributed by atoms with van der Waals surface area (Å²) in [4.78, 5) is 27.4. The Hall–Kier alpha value is -3.37. The Balaban J connectivity index is 1.32. The van der Waals surface area contributed by atoms with Crippen molar-refractivity contribution in [3.8, 4) is 11.6 Å². The number of thiophene rings is 1. The number of rotatable bonds is 8. The molecule has 0 radical (unpaired) electrons. The number of carbonyl (C=O) groups is 2. The molecule has 3 aromatic heterocycles. The van der Waals surface area contributed by atoms with E-state index in [9.17, 15) is 9.59 Å². The number of aryl methyl sites for hydroxylation is 1. The van der Waals surface area contributed by atoms with Crippen LogP contribution in [0.2, 0.25) is 0 Å². The van der Waals surface area contributed by atoms with E-state index in [4.69, 9.17) is 4.42 Å². The third-order valence-electron chi connectivity index (χ3n) is 5.79. The quantitative estimate of drug-likeness (QED) is 0.306. The first kappa shape index (κ1) is 23.4. The zero-order valence-electron chi connectivity index (χ0n) is 19.2. The number of amides is 2. The maximum Gasteiger partial charge on any atom is 0.258 e. The molecule has 0 saturated heterocycles. The molecule has 0 saturated carbocycles. The molecule has 0 fully saturated rings. The summed E-state index contributed by atoms with van der Waals surface area (Å²) in [5, 5.41) is 15.7. The monoisotopic (exact) mass is 507 g/mol. The average molecular weight is 508 g/mol. The van der Waals surface area contributed by atoms with E-state index < -0.39 is 0 Å². The van der Waals surface area contributed by atoms with Crippen molar-refractivity contribution in [2.75, 3.05) is 16.4 Å². The van der Waals surface area contributed by atoms with Crippen LogP contribution in [0.4, 0.5) is 10.7 Å². The van der Waals surface area contributed by atoms with Gasteiger partial charge in [-0.05, 0) is 62.4 Å². The number of furan rings is 1. The van der Waals surface area contributed by atoms with Gasteiger partial charge in [0, 0.05) is 17.1 Å². The van der Waals surface area contributed by atoms with Crippen molar-refractivity contribution >= 4 is 45.6 Å². The summed E-state index contributed by atoms with van der Waals surface area (Å²) in [5.41, 5.74) is 2.38. The van der Waals surface area contributed by atoms with Crippen LogP contribution in [0.1, 0.15) is 40.6 Å². The molecule has 35 heavy (non-hydrogen) atoms. The van der Waals surface area contributed by atoms with Gasteiger partial charge >= 0.3 is 0 Å². The highest BCUT2D eigenvalue weighted by Crippen LogP contribution is 2.38. The van der Waals surface area contributed by atoms with Crippen molar-refractivity contribution in [2.45, 2.75) is 44.3 Å². The van der Waals surface area contributed by atoms with Crippen molar-refractivity contribution in [1.82, 2.24) is 14.8 Å². The number of fused-ring (bicyclic) bond motifs is 1. The number of nitrogens with one attached hydrogen (secondary N) is 2. The number of benzene rings is 1. The molecule has 1 aliphatic rings. The van der Waals surface area contributed by atoms with Crippen LogP contribution in [0.5, 0.6) is 0 Å². The van der Waals surface area contributed by atoms with Gasteiger partial charge in [0.1, 0.15) is 5.00 Å². The molecule has 3 heterocycles. The minimum absolute atomic E-state index is 0.151. The van der Waals surface area contributed by atoms with Crippen LogP contribution in [0, 0.1) is 0 Å². The summed E-state index contributed by atoms with van der Waals surface area (Å²) < 4.78 is 7.37. The molecule has 0 atom stereocenters. The second kappa shape index (κ2) is 10.5. The van der Waals surface area contributed by atoms with Crippen molar-refractivity contribution in [2.24, 2.45) is 0 Å². The second-order valence-corrected chi connectivity index (χ2v) is 10.1. The molecular formula is C25H25N5O3S2. The summed E-state index contributed by atoms with van der Waals surface area (Å²) in [6, 6.07) is 13.0. The molecule has 2 N–H and O–H groups in total. The Kier molecular flexibility index (Phi) is 7.01. The third-order valence-corrected chi connectivity index (χ3v) is 7.96. The Labute approximate surface area is 211 Å². The van der Waals surface area contributed by atoms with E-state index in [0.717, 1.165) is 36.9 Å². The number of hydrogen-bond donors (Lipinski definition) is 2. The Morgan fingerprint density at radius 2 is 1.91 bits per heavy atom. The molecule has 1 aliphatic carbocycles. The van der Waals surface area contributed by atoms with Crippen LogP contribution < -0.4 is 10.6 Å². The second-order valence-electron chi connectivity index (χ2n) is 8.10. The maximum atomic E-state index is 13.2. The number of thioether (sulfide) groups is 1. The molecule has 2 amide bonds. The van der Waals surface area contributed by atoms with Gasteiger partial charge in [-0.15, -0.1) is 21.5 Å². The van der Waals surface area contributed by atoms with Gasteiger partial charge in [-0.1, -0.05) is 30.0 Å². The third kappa shape index (κ3) is 5.03. The van der Waals surface area contributed by atoms with E-state index >= 15 is 0 Å². The summed E-state index contributed by atoms with van der Waals surface area (Å²) in [6.07, 6.45) is 5.52. The fraction of sp³-hybridized carbons (Fsp3) is 0.280. The molecule has 10 heteroatoms. The van der Waals surface area contributed by atoms with Crippen LogP contribution in [0.3, 0.4) is 0 Å². The lowest BCUT2D eigenvalue weighted by Crippen LogP contribution is -2.19. The first-order chi connectivity index (χ1) is 17.1. The maximum absolute atomic E-state index is 13.2. The normalized spacial score (nSPS) is 12.8. The standard InChI is InChI=1S/C25H25N5O3S2/c1-2-30-22(18-12-8-14-33-18)28-29-25(30)34-15-20(31)27-24-21(17-11-6-7-13-19(17)35-24)23(32)26-16-9-4-3-5-10-16/h3-5,8-10,12,14H,2,6-7,11,13,15H2,1H3,(H,26,32)(H,27,31). The van der Waals surface area contributed by atoms with Crippen LogP contribution >= 0.6 is 23.1 Å². The van der Waals surface area contributed by atoms with Gasteiger partial charge in [0.2, 0.25) is 5.91 Å². The van der Waals surface area contributed by atoms with Gasteiger partial charge in [-0.25, -0.2) is 0 Å². The lowest BCUT2D eigenvalue weighted by molar-refractivity contribution is -0.113. The van der Waals surface area contributed by atoms with Crippen LogP contribution in [0.25, 0.3) is 11.6 Å². The predicted octanol–water partition coefficient (Wildman–Crippen LogP) is 5.48. The molecule has 0 bridgehead atoms. The van der Waals surface area contributed by atoms with Gasteiger partial charge < -0.3 is 15.1 Å². The van der Waals surface area contributed by atoms with Crippen molar-refractivity contribution in [3.63, 3.8) is 0 Å². The molecule has 1 aromatic carbocycles. The molecule has 180 valence electrons. The first-order valence-electron chi connectivity index (χ1n) is 11.5. The number of anilines is 2. The zero-order chi connectivity index (χ0) is 24.2. The SMILES string of the molecule is CCn1c(SCC(=O)Nc2sc3c(c2C(=O)Nc2ccccc2)CCCC3)nnc1-c1ccco1. The minimum atomic E-state index is -0.188. The number of hydrogen-bond acceptors (Lipinski definition) is 7.